The van der Waals surface area contributed by atoms with E-state index in [2.05, 4.69) is 46.7 Å². The van der Waals surface area contributed by atoms with E-state index in [-0.39, 0.29) is 0 Å². The molecule has 3 aromatic rings. The number of benzene rings is 2. The summed E-state index contributed by atoms with van der Waals surface area (Å²) in [5, 5.41) is 3.25. The molecular weight excluding hydrogens is 316 g/mol. The van der Waals surface area contributed by atoms with Crippen LogP contribution in [0, 0.1) is 0 Å². The Morgan fingerprint density at radius 2 is 1.88 bits per heavy atom. The quantitative estimate of drug-likeness (QED) is 0.707. The van der Waals surface area contributed by atoms with Gasteiger partial charge in [-0.15, -0.1) is 11.3 Å². The molecule has 4 heteroatoms. The zero-order valence-corrected chi connectivity index (χ0v) is 14.6. The van der Waals surface area contributed by atoms with Crippen molar-refractivity contribution < 1.29 is 4.74 Å². The Hall–Kier alpha value is -2.17. The third-order valence-electron chi connectivity index (χ3n) is 4.48. The molecule has 0 atom stereocenters. The van der Waals surface area contributed by atoms with Gasteiger partial charge in [-0.05, 0) is 41.8 Å². The Morgan fingerprint density at radius 1 is 1.08 bits per heavy atom. The number of methoxy groups -OCH3 is 1. The molecule has 0 N–H and O–H groups in total. The summed E-state index contributed by atoms with van der Waals surface area (Å²) in [6, 6.07) is 16.9. The molecule has 0 unspecified atom stereocenters. The highest BCUT2D eigenvalue weighted by Gasteiger charge is 2.17. The molecule has 0 amide bonds. The molecule has 0 aliphatic carbocycles. The third-order valence-corrected chi connectivity index (χ3v) is 5.42. The van der Waals surface area contributed by atoms with Crippen LogP contribution in [-0.4, -0.2) is 23.5 Å². The van der Waals surface area contributed by atoms with Crippen molar-refractivity contribution >= 4 is 11.3 Å². The fraction of sp³-hybridized carbons (Fsp3) is 0.250. The lowest BCUT2D eigenvalue weighted by Crippen LogP contribution is -2.30. The summed E-state index contributed by atoms with van der Waals surface area (Å²) in [4.78, 5) is 7.30. The van der Waals surface area contributed by atoms with Gasteiger partial charge >= 0.3 is 0 Å². The van der Waals surface area contributed by atoms with Gasteiger partial charge in [-0.2, -0.15) is 0 Å². The molecule has 1 aliphatic heterocycles. The lowest BCUT2D eigenvalue weighted by Gasteiger charge is -2.27. The van der Waals surface area contributed by atoms with E-state index in [1.807, 2.05) is 12.1 Å². The Morgan fingerprint density at radius 3 is 2.67 bits per heavy atom. The highest BCUT2D eigenvalue weighted by atomic mass is 32.1. The monoisotopic (exact) mass is 336 g/mol. The van der Waals surface area contributed by atoms with Gasteiger partial charge in [0.1, 0.15) is 10.8 Å². The fourth-order valence-electron chi connectivity index (χ4n) is 3.16. The predicted octanol–water partition coefficient (Wildman–Crippen LogP) is 4.38. The van der Waals surface area contributed by atoms with Crippen molar-refractivity contribution in [3.05, 3.63) is 70.7 Å². The summed E-state index contributed by atoms with van der Waals surface area (Å²) in [6.45, 7) is 3.04. The highest BCUT2D eigenvalue weighted by Crippen LogP contribution is 2.27. The van der Waals surface area contributed by atoms with Gasteiger partial charge in [0.2, 0.25) is 0 Å². The summed E-state index contributed by atoms with van der Waals surface area (Å²) >= 11 is 1.71. The highest BCUT2D eigenvalue weighted by molar-refractivity contribution is 7.13. The number of aromatic nitrogens is 1. The van der Waals surface area contributed by atoms with E-state index in [1.54, 1.807) is 18.4 Å². The number of rotatable bonds is 4. The largest absolute Gasteiger partial charge is 0.497 e. The number of thiazole rings is 1. The summed E-state index contributed by atoms with van der Waals surface area (Å²) in [5.41, 5.74) is 5.25. The van der Waals surface area contributed by atoms with Gasteiger partial charge in [0.05, 0.1) is 12.8 Å². The van der Waals surface area contributed by atoms with Crippen LogP contribution in [0.25, 0.3) is 10.6 Å². The summed E-state index contributed by atoms with van der Waals surface area (Å²) in [6.07, 6.45) is 1.13. The molecule has 0 radical (unpaired) electrons. The molecule has 0 saturated heterocycles. The Bertz CT molecular complexity index is 826. The maximum absolute atomic E-state index is 5.22. The van der Waals surface area contributed by atoms with Crippen molar-refractivity contribution in [3.63, 3.8) is 0 Å². The summed E-state index contributed by atoms with van der Waals surface area (Å²) in [5.74, 6) is 0.877. The Kier molecular flexibility index (Phi) is 4.32. The van der Waals surface area contributed by atoms with E-state index in [4.69, 9.17) is 9.72 Å². The van der Waals surface area contributed by atoms with Crippen LogP contribution in [-0.2, 0) is 19.5 Å². The third kappa shape index (κ3) is 3.21. The second kappa shape index (κ2) is 6.75. The number of hydrogen-bond donors (Lipinski definition) is 0. The predicted molar refractivity (Wildman–Crippen MR) is 98.4 cm³/mol. The van der Waals surface area contributed by atoms with Crippen molar-refractivity contribution in [1.82, 2.24) is 9.88 Å². The topological polar surface area (TPSA) is 25.4 Å². The molecule has 0 fully saturated rings. The summed E-state index contributed by atoms with van der Waals surface area (Å²) in [7, 11) is 1.69. The van der Waals surface area contributed by atoms with Crippen LogP contribution in [0.2, 0.25) is 0 Å². The van der Waals surface area contributed by atoms with Gasteiger partial charge in [-0.25, -0.2) is 4.98 Å². The normalized spacial score (nSPS) is 14.4. The number of nitrogens with zero attached hydrogens (tertiary/aromatic N) is 2. The molecular formula is C20H20N2OS. The van der Waals surface area contributed by atoms with Gasteiger partial charge in [0, 0.05) is 30.6 Å². The minimum atomic E-state index is 0.877. The van der Waals surface area contributed by atoms with E-state index < -0.39 is 0 Å². The van der Waals surface area contributed by atoms with Crippen LogP contribution in [0.5, 0.6) is 5.75 Å². The Labute approximate surface area is 146 Å². The maximum atomic E-state index is 5.22. The maximum Gasteiger partial charge on any atom is 0.123 e. The average Bonchev–Trinajstić information content (AvgIpc) is 3.10. The molecule has 0 bridgehead atoms. The number of ether oxygens (including phenoxy) is 1. The fourth-order valence-corrected chi connectivity index (χ4v) is 3.98. The van der Waals surface area contributed by atoms with Crippen molar-refractivity contribution in [2.24, 2.45) is 0 Å². The molecule has 0 saturated carbocycles. The van der Waals surface area contributed by atoms with E-state index in [0.29, 0.717) is 0 Å². The first kappa shape index (κ1) is 15.4. The molecule has 2 heterocycles. The molecule has 1 aromatic heterocycles. The molecule has 122 valence electrons. The minimum absolute atomic E-state index is 0.877. The first-order chi connectivity index (χ1) is 11.8. The average molecular weight is 336 g/mol. The van der Waals surface area contributed by atoms with Gasteiger partial charge in [0.25, 0.3) is 0 Å². The van der Waals surface area contributed by atoms with E-state index in [1.165, 1.54) is 11.1 Å². The van der Waals surface area contributed by atoms with Crippen LogP contribution >= 0.6 is 11.3 Å². The minimum Gasteiger partial charge on any atom is -0.497 e. The van der Waals surface area contributed by atoms with E-state index in [9.17, 15) is 0 Å². The first-order valence-corrected chi connectivity index (χ1v) is 9.08. The molecule has 0 spiro atoms. The van der Waals surface area contributed by atoms with Gasteiger partial charge in [-0.1, -0.05) is 24.3 Å². The molecule has 1 aliphatic rings. The number of hydrogen-bond acceptors (Lipinski definition) is 4. The first-order valence-electron chi connectivity index (χ1n) is 8.20. The SMILES string of the molecule is COc1ccc(-c2nc(CN3CCc4ccccc4C3)cs2)cc1. The smallest absolute Gasteiger partial charge is 0.123 e. The molecule has 24 heavy (non-hydrogen) atoms. The van der Waals surface area contributed by atoms with Crippen LogP contribution < -0.4 is 4.74 Å². The van der Waals surface area contributed by atoms with E-state index in [0.717, 1.165) is 48.1 Å². The Balaban J connectivity index is 1.46. The van der Waals surface area contributed by atoms with Crippen LogP contribution in [0.15, 0.2) is 53.9 Å². The van der Waals surface area contributed by atoms with Crippen LogP contribution in [0.4, 0.5) is 0 Å². The lowest BCUT2D eigenvalue weighted by atomic mass is 10.00. The van der Waals surface area contributed by atoms with Crippen LogP contribution in [0.3, 0.4) is 0 Å². The molecule has 2 aromatic carbocycles. The lowest BCUT2D eigenvalue weighted by molar-refractivity contribution is 0.243. The van der Waals surface area contributed by atoms with Crippen LogP contribution in [0.1, 0.15) is 16.8 Å². The second-order valence-electron chi connectivity index (χ2n) is 6.10. The summed E-state index contributed by atoms with van der Waals surface area (Å²) < 4.78 is 5.22. The molecule has 4 rings (SSSR count). The standard InChI is InChI=1S/C20H20N2OS/c1-23-19-8-6-16(7-9-19)20-21-18(14-24-20)13-22-11-10-15-4-2-3-5-17(15)12-22/h2-9,14H,10-13H2,1H3. The van der Waals surface area contributed by atoms with Crippen molar-refractivity contribution in [1.29, 1.82) is 0 Å². The second-order valence-corrected chi connectivity index (χ2v) is 6.96. The van der Waals surface area contributed by atoms with Gasteiger partial charge in [-0.3, -0.25) is 4.90 Å². The number of fused-ring (bicyclic) bond motifs is 1. The molecule has 3 nitrogen and oxygen atoms in total. The van der Waals surface area contributed by atoms with Crippen molar-refractivity contribution in [2.75, 3.05) is 13.7 Å². The zero-order chi connectivity index (χ0) is 16.4. The van der Waals surface area contributed by atoms with Gasteiger partial charge in [0.15, 0.2) is 0 Å². The van der Waals surface area contributed by atoms with E-state index >= 15 is 0 Å². The van der Waals surface area contributed by atoms with Crippen molar-refractivity contribution in [3.8, 4) is 16.3 Å². The van der Waals surface area contributed by atoms with Gasteiger partial charge < -0.3 is 4.74 Å². The van der Waals surface area contributed by atoms with Crippen molar-refractivity contribution in [2.45, 2.75) is 19.5 Å². The zero-order valence-electron chi connectivity index (χ0n) is 13.7.